The third kappa shape index (κ3) is 4.20. The Morgan fingerprint density at radius 1 is 1.16 bits per heavy atom. The molecule has 1 unspecified atom stereocenters. The summed E-state index contributed by atoms with van der Waals surface area (Å²) >= 11 is 0. The number of hydrogen-bond donors (Lipinski definition) is 1. The summed E-state index contributed by atoms with van der Waals surface area (Å²) < 4.78 is 0. The monoisotopic (exact) mass is 338 g/mol. The van der Waals surface area contributed by atoms with Crippen LogP contribution in [-0.4, -0.2) is 43.1 Å². The first-order chi connectivity index (χ1) is 12.1. The average Bonchev–Trinajstić information content (AvgIpc) is 3.10. The molecule has 1 saturated heterocycles. The Kier molecular flexibility index (Phi) is 5.39. The molecule has 1 fully saturated rings. The summed E-state index contributed by atoms with van der Waals surface area (Å²) in [5, 5.41) is 9.12. The molecule has 25 heavy (non-hydrogen) atoms. The van der Waals surface area contributed by atoms with Gasteiger partial charge in [-0.3, -0.25) is 4.79 Å². The lowest BCUT2D eigenvalue weighted by Crippen LogP contribution is -2.29. The quantitative estimate of drug-likeness (QED) is 0.911. The highest BCUT2D eigenvalue weighted by Crippen LogP contribution is 2.24. The van der Waals surface area contributed by atoms with Gasteiger partial charge in [-0.15, -0.1) is 0 Å². The largest absolute Gasteiger partial charge is 0.392 e. The normalized spacial score (nSPS) is 16.9. The number of benzene rings is 2. The van der Waals surface area contributed by atoms with Gasteiger partial charge in [0.05, 0.1) is 6.61 Å². The molecule has 0 aliphatic carbocycles. The van der Waals surface area contributed by atoms with Crippen LogP contribution in [-0.2, 0) is 13.0 Å². The lowest BCUT2D eigenvalue weighted by atomic mass is 9.98. The summed E-state index contributed by atoms with van der Waals surface area (Å²) in [7, 11) is 3.97. The van der Waals surface area contributed by atoms with Gasteiger partial charge in [-0.1, -0.05) is 30.3 Å². The number of carbonyl (C=O) groups is 1. The second-order valence-electron chi connectivity index (χ2n) is 7.03. The van der Waals surface area contributed by atoms with E-state index < -0.39 is 0 Å². The van der Waals surface area contributed by atoms with Crippen LogP contribution in [0.3, 0.4) is 0 Å². The molecule has 1 atom stereocenters. The number of carbonyl (C=O) groups excluding carboxylic acids is 1. The molecule has 2 aromatic rings. The Labute approximate surface area is 149 Å². The zero-order chi connectivity index (χ0) is 17.8. The first-order valence-electron chi connectivity index (χ1n) is 8.82. The highest BCUT2D eigenvalue weighted by atomic mass is 16.3. The summed E-state index contributed by atoms with van der Waals surface area (Å²) in [6.45, 7) is 1.72. The maximum atomic E-state index is 12.8. The molecule has 0 spiro atoms. The smallest absolute Gasteiger partial charge is 0.253 e. The molecule has 1 aliphatic heterocycles. The Balaban J connectivity index is 1.61. The van der Waals surface area contributed by atoms with Gasteiger partial charge in [0.15, 0.2) is 0 Å². The van der Waals surface area contributed by atoms with Crippen molar-refractivity contribution in [3.8, 4) is 0 Å². The van der Waals surface area contributed by atoms with Crippen molar-refractivity contribution in [3.63, 3.8) is 0 Å². The molecule has 132 valence electrons. The minimum atomic E-state index is 0.0813. The third-order valence-electron chi connectivity index (χ3n) is 4.91. The highest BCUT2D eigenvalue weighted by Gasteiger charge is 2.27. The first kappa shape index (κ1) is 17.5. The average molecular weight is 338 g/mol. The molecule has 0 radical (unpaired) electrons. The lowest BCUT2D eigenvalue weighted by molar-refractivity contribution is 0.0787. The highest BCUT2D eigenvalue weighted by molar-refractivity contribution is 5.95. The van der Waals surface area contributed by atoms with E-state index in [9.17, 15) is 4.79 Å². The zero-order valence-electron chi connectivity index (χ0n) is 15.0. The van der Waals surface area contributed by atoms with Crippen LogP contribution in [0.5, 0.6) is 0 Å². The van der Waals surface area contributed by atoms with Gasteiger partial charge in [0.1, 0.15) is 0 Å². The number of anilines is 1. The Morgan fingerprint density at radius 3 is 2.56 bits per heavy atom. The summed E-state index contributed by atoms with van der Waals surface area (Å²) in [4.78, 5) is 16.8. The van der Waals surface area contributed by atoms with E-state index in [1.165, 1.54) is 5.56 Å². The van der Waals surface area contributed by atoms with E-state index in [0.29, 0.717) is 5.92 Å². The minimum absolute atomic E-state index is 0.0813. The van der Waals surface area contributed by atoms with Crippen LogP contribution in [0.2, 0.25) is 0 Å². The zero-order valence-corrected chi connectivity index (χ0v) is 15.0. The van der Waals surface area contributed by atoms with Crippen molar-refractivity contribution in [1.82, 2.24) is 4.90 Å². The lowest BCUT2D eigenvalue weighted by Gasteiger charge is -2.18. The number of rotatable bonds is 5. The maximum absolute atomic E-state index is 12.8. The molecule has 1 amide bonds. The first-order valence-corrected chi connectivity index (χ1v) is 8.82. The second-order valence-corrected chi connectivity index (χ2v) is 7.03. The van der Waals surface area contributed by atoms with E-state index in [1.54, 1.807) is 0 Å². The molecule has 1 heterocycles. The fourth-order valence-corrected chi connectivity index (χ4v) is 3.40. The summed E-state index contributed by atoms with van der Waals surface area (Å²) in [5.74, 6) is 0.628. The number of hydrogen-bond acceptors (Lipinski definition) is 3. The molecule has 4 heteroatoms. The van der Waals surface area contributed by atoms with E-state index in [4.69, 9.17) is 5.11 Å². The van der Waals surface area contributed by atoms with Crippen LogP contribution < -0.4 is 4.90 Å². The van der Waals surface area contributed by atoms with Crippen LogP contribution in [0, 0.1) is 5.92 Å². The van der Waals surface area contributed by atoms with Crippen LogP contribution >= 0.6 is 0 Å². The van der Waals surface area contributed by atoms with Gasteiger partial charge in [0.2, 0.25) is 0 Å². The molecule has 1 aliphatic rings. The summed E-state index contributed by atoms with van der Waals surface area (Å²) in [5.41, 5.74) is 4.02. The molecule has 2 aromatic carbocycles. The Hall–Kier alpha value is -2.33. The van der Waals surface area contributed by atoms with E-state index in [-0.39, 0.29) is 12.5 Å². The predicted molar refractivity (Wildman–Crippen MR) is 101 cm³/mol. The summed E-state index contributed by atoms with van der Waals surface area (Å²) in [6.07, 6.45) is 2.02. The molecule has 0 bridgehead atoms. The topological polar surface area (TPSA) is 43.8 Å². The number of nitrogens with zero attached hydrogens (tertiary/aromatic N) is 2. The van der Waals surface area contributed by atoms with E-state index >= 15 is 0 Å². The van der Waals surface area contributed by atoms with Crippen molar-refractivity contribution in [3.05, 3.63) is 65.2 Å². The van der Waals surface area contributed by atoms with Crippen molar-refractivity contribution in [2.75, 3.05) is 32.1 Å². The molecular weight excluding hydrogens is 312 g/mol. The van der Waals surface area contributed by atoms with Gasteiger partial charge in [-0.25, -0.2) is 0 Å². The van der Waals surface area contributed by atoms with Crippen LogP contribution in [0.4, 0.5) is 5.69 Å². The predicted octanol–water partition coefficient (Wildman–Crippen LogP) is 2.95. The van der Waals surface area contributed by atoms with Gasteiger partial charge in [0.25, 0.3) is 5.91 Å². The van der Waals surface area contributed by atoms with Crippen molar-refractivity contribution in [1.29, 1.82) is 0 Å². The van der Waals surface area contributed by atoms with Crippen molar-refractivity contribution in [2.45, 2.75) is 19.4 Å². The van der Waals surface area contributed by atoms with Crippen molar-refractivity contribution in [2.24, 2.45) is 5.92 Å². The van der Waals surface area contributed by atoms with Crippen molar-refractivity contribution >= 4 is 11.6 Å². The van der Waals surface area contributed by atoms with Gasteiger partial charge < -0.3 is 14.9 Å². The van der Waals surface area contributed by atoms with Crippen LogP contribution in [0.25, 0.3) is 0 Å². The molecule has 0 aromatic heterocycles. The Morgan fingerprint density at radius 2 is 1.88 bits per heavy atom. The van der Waals surface area contributed by atoms with Gasteiger partial charge in [-0.05, 0) is 48.1 Å². The van der Waals surface area contributed by atoms with Crippen LogP contribution in [0.15, 0.2) is 48.5 Å². The van der Waals surface area contributed by atoms with Crippen molar-refractivity contribution < 1.29 is 9.90 Å². The number of likely N-dealkylation sites (tertiary alicyclic amines) is 1. The number of amides is 1. The third-order valence-corrected chi connectivity index (χ3v) is 4.91. The van der Waals surface area contributed by atoms with Gasteiger partial charge in [-0.2, -0.15) is 0 Å². The Bertz CT molecular complexity index is 725. The van der Waals surface area contributed by atoms with Gasteiger partial charge >= 0.3 is 0 Å². The summed E-state index contributed by atoms with van der Waals surface area (Å²) in [6, 6.07) is 15.9. The second kappa shape index (κ2) is 7.70. The number of aliphatic hydroxyl groups excluding tert-OH is 1. The molecule has 1 N–H and O–H groups in total. The SMILES string of the molecule is CN(C)c1cccc(C(=O)N2CCC(Cc3ccc(CO)cc3)C2)c1. The standard InChI is InChI=1S/C21H26N2O2/c1-22(2)20-5-3-4-19(13-20)21(25)23-11-10-18(14-23)12-16-6-8-17(15-24)9-7-16/h3-9,13,18,24H,10-12,14-15H2,1-2H3. The maximum Gasteiger partial charge on any atom is 0.253 e. The molecule has 4 nitrogen and oxygen atoms in total. The van der Waals surface area contributed by atoms with Crippen LogP contribution in [0.1, 0.15) is 27.9 Å². The molecule has 0 saturated carbocycles. The fourth-order valence-electron chi connectivity index (χ4n) is 3.40. The number of aliphatic hydroxyl groups is 1. The minimum Gasteiger partial charge on any atom is -0.392 e. The molecule has 3 rings (SSSR count). The molecular formula is C21H26N2O2. The fraction of sp³-hybridized carbons (Fsp3) is 0.381. The van der Waals surface area contributed by atoms with E-state index in [2.05, 4.69) is 12.1 Å². The van der Waals surface area contributed by atoms with E-state index in [1.807, 2.05) is 60.3 Å². The van der Waals surface area contributed by atoms with E-state index in [0.717, 1.165) is 42.7 Å². The van der Waals surface area contributed by atoms with Gasteiger partial charge in [0, 0.05) is 38.4 Å².